The quantitative estimate of drug-likeness (QED) is 0.727. The van der Waals surface area contributed by atoms with Crippen LogP contribution in [-0.2, 0) is 9.53 Å². The number of carbonyl (C=O) groups excluding carboxylic acids is 1. The van der Waals surface area contributed by atoms with Gasteiger partial charge in [-0.25, -0.2) is 0 Å². The Hall–Kier alpha value is -0.780. The minimum absolute atomic E-state index is 0.253. The van der Waals surface area contributed by atoms with Crippen LogP contribution in [0.4, 0.5) is 13.2 Å². The fourth-order valence-corrected chi connectivity index (χ4v) is 1.45. The second kappa shape index (κ2) is 4.83. The van der Waals surface area contributed by atoms with E-state index >= 15 is 0 Å². The summed E-state index contributed by atoms with van der Waals surface area (Å²) >= 11 is 0. The van der Waals surface area contributed by atoms with E-state index in [9.17, 15) is 18.0 Å². The maximum absolute atomic E-state index is 11.9. The van der Waals surface area contributed by atoms with Gasteiger partial charge >= 0.3 is 6.18 Å². The molecule has 0 N–H and O–H groups in total. The van der Waals surface area contributed by atoms with Crippen LogP contribution in [0.3, 0.4) is 0 Å². The molecule has 3 nitrogen and oxygen atoms in total. The molecule has 0 aromatic heterocycles. The van der Waals surface area contributed by atoms with Gasteiger partial charge in [-0.3, -0.25) is 4.79 Å². The molecule has 6 heteroatoms. The number of hydrogen-bond acceptors (Lipinski definition) is 2. The molecule has 1 heterocycles. The second-order valence-corrected chi connectivity index (χ2v) is 3.69. The Labute approximate surface area is 86.2 Å². The van der Waals surface area contributed by atoms with E-state index in [1.165, 1.54) is 7.05 Å². The first kappa shape index (κ1) is 12.3. The van der Waals surface area contributed by atoms with Gasteiger partial charge in [0, 0.05) is 20.2 Å². The third kappa shape index (κ3) is 4.07. The topological polar surface area (TPSA) is 29.5 Å². The van der Waals surface area contributed by atoms with Crippen molar-refractivity contribution < 1.29 is 22.7 Å². The third-order valence-corrected chi connectivity index (χ3v) is 2.39. The Balaban J connectivity index is 2.32. The van der Waals surface area contributed by atoms with Crippen molar-refractivity contribution in [2.45, 2.75) is 19.0 Å². The Morgan fingerprint density at radius 1 is 1.53 bits per heavy atom. The molecule has 0 saturated carbocycles. The highest BCUT2D eigenvalue weighted by Gasteiger charge is 2.30. The van der Waals surface area contributed by atoms with E-state index in [2.05, 4.69) is 0 Å². The number of ether oxygens (including phenoxy) is 1. The van der Waals surface area contributed by atoms with Crippen molar-refractivity contribution >= 4 is 5.91 Å². The molecular weight excluding hydrogens is 211 g/mol. The highest BCUT2D eigenvalue weighted by atomic mass is 19.4. The monoisotopic (exact) mass is 225 g/mol. The largest absolute Gasteiger partial charge is 0.390 e. The minimum atomic E-state index is -4.21. The SMILES string of the molecule is CN(CCC(F)(F)F)C(=O)C1CCOC1. The first-order valence-electron chi connectivity index (χ1n) is 4.79. The van der Waals surface area contributed by atoms with Crippen LogP contribution in [-0.4, -0.2) is 43.8 Å². The fraction of sp³-hybridized carbons (Fsp3) is 0.889. The van der Waals surface area contributed by atoms with Gasteiger partial charge < -0.3 is 9.64 Å². The lowest BCUT2D eigenvalue weighted by Gasteiger charge is -2.20. The highest BCUT2D eigenvalue weighted by Crippen LogP contribution is 2.21. The summed E-state index contributed by atoms with van der Waals surface area (Å²) in [7, 11) is 1.40. The summed E-state index contributed by atoms with van der Waals surface area (Å²) in [5, 5.41) is 0. The Morgan fingerprint density at radius 2 is 2.20 bits per heavy atom. The van der Waals surface area contributed by atoms with Crippen molar-refractivity contribution in [1.82, 2.24) is 4.90 Å². The van der Waals surface area contributed by atoms with Crippen LogP contribution in [0.2, 0.25) is 0 Å². The predicted octanol–water partition coefficient (Wildman–Crippen LogP) is 1.43. The van der Waals surface area contributed by atoms with Gasteiger partial charge in [-0.1, -0.05) is 0 Å². The Kier molecular flexibility index (Phi) is 3.96. The Morgan fingerprint density at radius 3 is 2.67 bits per heavy atom. The van der Waals surface area contributed by atoms with Crippen molar-refractivity contribution in [2.24, 2.45) is 5.92 Å². The van der Waals surface area contributed by atoms with Crippen LogP contribution < -0.4 is 0 Å². The Bertz CT molecular complexity index is 224. The molecule has 1 aliphatic heterocycles. The number of hydrogen-bond donors (Lipinski definition) is 0. The van der Waals surface area contributed by atoms with Crippen molar-refractivity contribution in [3.8, 4) is 0 Å². The van der Waals surface area contributed by atoms with Gasteiger partial charge in [0.25, 0.3) is 0 Å². The van der Waals surface area contributed by atoms with Crippen LogP contribution >= 0.6 is 0 Å². The molecule has 0 radical (unpaired) electrons. The maximum Gasteiger partial charge on any atom is 0.390 e. The predicted molar refractivity (Wildman–Crippen MR) is 47.2 cm³/mol. The number of halogens is 3. The molecule has 0 spiro atoms. The lowest BCUT2D eigenvalue weighted by molar-refractivity contribution is -0.146. The highest BCUT2D eigenvalue weighted by molar-refractivity contribution is 5.78. The standard InChI is InChI=1S/C9H14F3NO2/c1-13(4-3-9(10,11)12)8(14)7-2-5-15-6-7/h7H,2-6H2,1H3. The molecule has 1 aliphatic rings. The molecule has 1 fully saturated rings. The zero-order valence-corrected chi connectivity index (χ0v) is 8.51. The van der Waals surface area contributed by atoms with Crippen LogP contribution in [0.1, 0.15) is 12.8 Å². The van der Waals surface area contributed by atoms with Gasteiger partial charge in [-0.2, -0.15) is 13.2 Å². The zero-order valence-electron chi connectivity index (χ0n) is 8.51. The molecule has 1 atom stereocenters. The molecule has 1 rings (SSSR count). The molecular formula is C9H14F3NO2. The number of nitrogens with zero attached hydrogens (tertiary/aromatic N) is 1. The molecule has 0 aromatic rings. The van der Waals surface area contributed by atoms with Crippen LogP contribution in [0.25, 0.3) is 0 Å². The maximum atomic E-state index is 11.9. The van der Waals surface area contributed by atoms with Crippen molar-refractivity contribution in [3.63, 3.8) is 0 Å². The second-order valence-electron chi connectivity index (χ2n) is 3.69. The van der Waals surface area contributed by atoms with E-state index in [1.54, 1.807) is 0 Å². The summed E-state index contributed by atoms with van der Waals surface area (Å²) in [6.45, 7) is 0.567. The number of amides is 1. The summed E-state index contributed by atoms with van der Waals surface area (Å²) < 4.78 is 40.7. The van der Waals surface area contributed by atoms with E-state index in [-0.39, 0.29) is 18.4 Å². The number of carbonyl (C=O) groups is 1. The summed E-state index contributed by atoms with van der Waals surface area (Å²) in [6, 6.07) is 0. The molecule has 1 saturated heterocycles. The van der Waals surface area contributed by atoms with E-state index in [4.69, 9.17) is 4.74 Å². The first-order valence-corrected chi connectivity index (χ1v) is 4.79. The molecule has 1 unspecified atom stereocenters. The van der Waals surface area contributed by atoms with Crippen LogP contribution in [0.15, 0.2) is 0 Å². The van der Waals surface area contributed by atoms with Gasteiger partial charge in [-0.05, 0) is 6.42 Å². The van der Waals surface area contributed by atoms with Crippen LogP contribution in [0, 0.1) is 5.92 Å². The lowest BCUT2D eigenvalue weighted by atomic mass is 10.1. The zero-order chi connectivity index (χ0) is 11.5. The molecule has 88 valence electrons. The molecule has 0 bridgehead atoms. The van der Waals surface area contributed by atoms with E-state index in [0.29, 0.717) is 19.6 Å². The molecule has 15 heavy (non-hydrogen) atoms. The summed E-state index contributed by atoms with van der Waals surface area (Å²) in [5.74, 6) is -0.514. The van der Waals surface area contributed by atoms with Gasteiger partial charge in [0.2, 0.25) is 5.91 Å². The van der Waals surface area contributed by atoms with Crippen molar-refractivity contribution in [1.29, 1.82) is 0 Å². The van der Waals surface area contributed by atoms with Gasteiger partial charge in [0.05, 0.1) is 18.9 Å². The van der Waals surface area contributed by atoms with Gasteiger partial charge in [0.1, 0.15) is 0 Å². The minimum Gasteiger partial charge on any atom is -0.381 e. The van der Waals surface area contributed by atoms with Gasteiger partial charge in [-0.15, -0.1) is 0 Å². The lowest BCUT2D eigenvalue weighted by Crippen LogP contribution is -2.35. The number of rotatable bonds is 3. The normalized spacial score (nSPS) is 21.7. The molecule has 0 aliphatic carbocycles. The summed E-state index contributed by atoms with van der Waals surface area (Å²) in [5.41, 5.74) is 0. The van der Waals surface area contributed by atoms with E-state index in [1.807, 2.05) is 0 Å². The fourth-order valence-electron chi connectivity index (χ4n) is 1.45. The van der Waals surface area contributed by atoms with Crippen LogP contribution in [0.5, 0.6) is 0 Å². The molecule has 0 aromatic carbocycles. The summed E-state index contributed by atoms with van der Waals surface area (Å²) in [6.07, 6.45) is -4.56. The third-order valence-electron chi connectivity index (χ3n) is 2.39. The van der Waals surface area contributed by atoms with Crippen molar-refractivity contribution in [3.05, 3.63) is 0 Å². The van der Waals surface area contributed by atoms with E-state index in [0.717, 1.165) is 4.90 Å². The average Bonchev–Trinajstić information content (AvgIpc) is 2.64. The number of alkyl halides is 3. The molecule has 1 amide bonds. The summed E-state index contributed by atoms with van der Waals surface area (Å²) in [4.78, 5) is 12.7. The average molecular weight is 225 g/mol. The van der Waals surface area contributed by atoms with Gasteiger partial charge in [0.15, 0.2) is 0 Å². The smallest absolute Gasteiger partial charge is 0.381 e. The van der Waals surface area contributed by atoms with Crippen molar-refractivity contribution in [2.75, 3.05) is 26.8 Å². The van der Waals surface area contributed by atoms with E-state index < -0.39 is 12.6 Å². The first-order chi connectivity index (χ1) is 6.90.